The zero-order valence-electron chi connectivity index (χ0n) is 10.9. The summed E-state index contributed by atoms with van der Waals surface area (Å²) in [6.07, 6.45) is 0.0177. The maximum Gasteiger partial charge on any atom is 0.358 e. The van der Waals surface area contributed by atoms with Crippen molar-refractivity contribution in [2.45, 2.75) is 26.5 Å². The van der Waals surface area contributed by atoms with Gasteiger partial charge in [0.15, 0.2) is 5.69 Å². The predicted molar refractivity (Wildman–Crippen MR) is 63.7 cm³/mol. The number of hydrogen-bond acceptors (Lipinski definition) is 5. The fourth-order valence-corrected chi connectivity index (χ4v) is 1.98. The van der Waals surface area contributed by atoms with Crippen LogP contribution in [0.2, 0.25) is 0 Å². The molecular formula is C11H16N4O4. The van der Waals surface area contributed by atoms with Gasteiger partial charge in [-0.2, -0.15) is 0 Å². The summed E-state index contributed by atoms with van der Waals surface area (Å²) in [7, 11) is 0. The average Bonchev–Trinajstić information content (AvgIpc) is 2.71. The molecule has 1 amide bonds. The fourth-order valence-electron chi connectivity index (χ4n) is 1.98. The Hall–Kier alpha value is -1.96. The van der Waals surface area contributed by atoms with E-state index in [2.05, 4.69) is 10.3 Å². The molecular weight excluding hydrogens is 252 g/mol. The molecule has 0 aromatic carbocycles. The van der Waals surface area contributed by atoms with Gasteiger partial charge in [-0.3, -0.25) is 4.79 Å². The van der Waals surface area contributed by atoms with E-state index in [-0.39, 0.29) is 24.2 Å². The summed E-state index contributed by atoms with van der Waals surface area (Å²) in [6.45, 7) is 5.09. The van der Waals surface area contributed by atoms with Gasteiger partial charge in [-0.05, 0) is 13.8 Å². The lowest BCUT2D eigenvalue weighted by Gasteiger charge is -2.31. The maximum absolute atomic E-state index is 12.1. The Morgan fingerprint density at radius 1 is 1.53 bits per heavy atom. The smallest absolute Gasteiger partial charge is 0.358 e. The van der Waals surface area contributed by atoms with Crippen LogP contribution in [0.5, 0.6) is 0 Å². The number of carbonyl (C=O) groups is 2. The lowest BCUT2D eigenvalue weighted by Crippen LogP contribution is -2.45. The summed E-state index contributed by atoms with van der Waals surface area (Å²) in [4.78, 5) is 24.6. The van der Waals surface area contributed by atoms with Crippen LogP contribution >= 0.6 is 0 Å². The van der Waals surface area contributed by atoms with Gasteiger partial charge in [0.05, 0.1) is 18.4 Å². The van der Waals surface area contributed by atoms with E-state index in [0.717, 1.165) is 0 Å². The Morgan fingerprint density at radius 3 is 2.84 bits per heavy atom. The zero-order chi connectivity index (χ0) is 14.0. The third-order valence-electron chi connectivity index (χ3n) is 3.06. The van der Waals surface area contributed by atoms with Gasteiger partial charge in [-0.25, -0.2) is 9.48 Å². The van der Waals surface area contributed by atoms with E-state index in [4.69, 9.17) is 9.84 Å². The molecule has 19 heavy (non-hydrogen) atoms. The fraction of sp³-hybridized carbons (Fsp3) is 0.636. The van der Waals surface area contributed by atoms with Crippen molar-refractivity contribution in [3.05, 3.63) is 11.4 Å². The van der Waals surface area contributed by atoms with Crippen molar-refractivity contribution in [2.75, 3.05) is 19.7 Å². The highest BCUT2D eigenvalue weighted by molar-refractivity contribution is 5.86. The molecule has 1 fully saturated rings. The molecule has 2 heterocycles. The molecule has 8 nitrogen and oxygen atoms in total. The van der Waals surface area contributed by atoms with Crippen LogP contribution in [-0.2, 0) is 16.1 Å². The van der Waals surface area contributed by atoms with Gasteiger partial charge in [0.25, 0.3) is 0 Å². The second-order valence-corrected chi connectivity index (χ2v) is 4.51. The second kappa shape index (κ2) is 5.35. The van der Waals surface area contributed by atoms with Crippen LogP contribution in [0.15, 0.2) is 0 Å². The van der Waals surface area contributed by atoms with E-state index >= 15 is 0 Å². The molecule has 8 heteroatoms. The summed E-state index contributed by atoms with van der Waals surface area (Å²) in [6, 6.07) is 0. The summed E-state index contributed by atoms with van der Waals surface area (Å²) < 4.78 is 6.67. The molecule has 1 aliphatic heterocycles. The van der Waals surface area contributed by atoms with Crippen molar-refractivity contribution in [3.8, 4) is 0 Å². The molecule has 1 aliphatic rings. The predicted octanol–water partition coefficient (Wildman–Crippen LogP) is -0.468. The maximum atomic E-state index is 12.1. The minimum absolute atomic E-state index is 0.00116. The number of nitrogens with zero attached hydrogens (tertiary/aromatic N) is 4. The summed E-state index contributed by atoms with van der Waals surface area (Å²) in [5.74, 6) is -1.25. The molecule has 0 radical (unpaired) electrons. The summed E-state index contributed by atoms with van der Waals surface area (Å²) in [5, 5.41) is 16.1. The van der Waals surface area contributed by atoms with E-state index in [1.807, 2.05) is 6.92 Å². The number of carboxylic acid groups (broad SMARTS) is 1. The minimum atomic E-state index is -1.14. The molecule has 0 spiro atoms. The molecule has 0 bridgehead atoms. The number of morpholine rings is 1. The van der Waals surface area contributed by atoms with Crippen molar-refractivity contribution in [1.82, 2.24) is 19.9 Å². The molecule has 1 aromatic rings. The lowest BCUT2D eigenvalue weighted by atomic mass is 10.3. The molecule has 0 saturated carbocycles. The molecule has 1 N–H and O–H groups in total. The number of amides is 1. The molecule has 1 unspecified atom stereocenters. The molecule has 1 aromatic heterocycles. The Kier molecular flexibility index (Phi) is 3.79. The quantitative estimate of drug-likeness (QED) is 0.796. The van der Waals surface area contributed by atoms with Gasteiger partial charge in [-0.1, -0.05) is 5.21 Å². The first kappa shape index (κ1) is 13.5. The first-order valence-corrected chi connectivity index (χ1v) is 6.01. The van der Waals surface area contributed by atoms with Gasteiger partial charge in [0.2, 0.25) is 5.91 Å². The van der Waals surface area contributed by atoms with Crippen LogP contribution in [-0.4, -0.2) is 62.7 Å². The molecule has 1 saturated heterocycles. The number of carboxylic acids is 1. The number of carbonyl (C=O) groups excluding carboxylic acids is 1. The van der Waals surface area contributed by atoms with Crippen molar-refractivity contribution in [1.29, 1.82) is 0 Å². The summed E-state index contributed by atoms with van der Waals surface area (Å²) in [5.41, 5.74) is 0.255. The standard InChI is InChI=1S/C11H16N4O4/c1-7-5-14(3-4-19-7)9(16)6-15-8(2)10(11(17)18)12-13-15/h7H,3-6H2,1-2H3,(H,17,18). The summed E-state index contributed by atoms with van der Waals surface area (Å²) >= 11 is 0. The van der Waals surface area contributed by atoms with Gasteiger partial charge < -0.3 is 14.7 Å². The highest BCUT2D eigenvalue weighted by atomic mass is 16.5. The largest absolute Gasteiger partial charge is 0.476 e. The van der Waals surface area contributed by atoms with Crippen molar-refractivity contribution >= 4 is 11.9 Å². The van der Waals surface area contributed by atoms with E-state index in [0.29, 0.717) is 25.4 Å². The molecule has 104 valence electrons. The SMILES string of the molecule is Cc1c(C(=O)O)nnn1CC(=O)N1CCOC(C)C1. The molecule has 0 aliphatic carbocycles. The van der Waals surface area contributed by atoms with Crippen molar-refractivity contribution < 1.29 is 19.4 Å². The first-order chi connectivity index (χ1) is 8.99. The van der Waals surface area contributed by atoms with Gasteiger partial charge in [0.1, 0.15) is 6.54 Å². The van der Waals surface area contributed by atoms with Crippen LogP contribution in [0, 0.1) is 6.92 Å². The number of aromatic nitrogens is 3. The van der Waals surface area contributed by atoms with Crippen molar-refractivity contribution in [3.63, 3.8) is 0 Å². The van der Waals surface area contributed by atoms with Crippen LogP contribution < -0.4 is 0 Å². The van der Waals surface area contributed by atoms with Crippen LogP contribution in [0.4, 0.5) is 0 Å². The van der Waals surface area contributed by atoms with Gasteiger partial charge in [0, 0.05) is 13.1 Å². The van der Waals surface area contributed by atoms with E-state index in [1.165, 1.54) is 4.68 Å². The minimum Gasteiger partial charge on any atom is -0.476 e. The lowest BCUT2D eigenvalue weighted by molar-refractivity contribution is -0.139. The Bertz CT molecular complexity index is 499. The van der Waals surface area contributed by atoms with Crippen LogP contribution in [0.1, 0.15) is 23.1 Å². The van der Waals surface area contributed by atoms with E-state index < -0.39 is 5.97 Å². The van der Waals surface area contributed by atoms with E-state index in [1.54, 1.807) is 11.8 Å². The monoisotopic (exact) mass is 268 g/mol. The highest BCUT2D eigenvalue weighted by Crippen LogP contribution is 2.08. The molecule has 2 rings (SSSR count). The van der Waals surface area contributed by atoms with Crippen LogP contribution in [0.25, 0.3) is 0 Å². The third kappa shape index (κ3) is 2.90. The Labute approximate surface area is 109 Å². The van der Waals surface area contributed by atoms with Crippen molar-refractivity contribution in [2.24, 2.45) is 0 Å². The number of hydrogen-bond donors (Lipinski definition) is 1. The number of rotatable bonds is 3. The normalized spacial score (nSPS) is 19.5. The number of aromatic carboxylic acids is 1. The topological polar surface area (TPSA) is 97.5 Å². The zero-order valence-corrected chi connectivity index (χ0v) is 10.9. The van der Waals surface area contributed by atoms with Crippen LogP contribution in [0.3, 0.4) is 0 Å². The number of ether oxygens (including phenoxy) is 1. The second-order valence-electron chi connectivity index (χ2n) is 4.51. The Balaban J connectivity index is 2.04. The van der Waals surface area contributed by atoms with Gasteiger partial charge >= 0.3 is 5.97 Å². The Morgan fingerprint density at radius 2 is 2.26 bits per heavy atom. The first-order valence-electron chi connectivity index (χ1n) is 6.01. The third-order valence-corrected chi connectivity index (χ3v) is 3.06. The molecule has 1 atom stereocenters. The van der Waals surface area contributed by atoms with E-state index in [9.17, 15) is 9.59 Å². The highest BCUT2D eigenvalue weighted by Gasteiger charge is 2.23. The van der Waals surface area contributed by atoms with Gasteiger partial charge in [-0.15, -0.1) is 5.10 Å². The average molecular weight is 268 g/mol.